The first kappa shape index (κ1) is 23.6. The van der Waals surface area contributed by atoms with Gasteiger partial charge in [-0.15, -0.1) is 0 Å². The highest BCUT2D eigenvalue weighted by Crippen LogP contribution is 2.36. The van der Waals surface area contributed by atoms with Crippen LogP contribution in [-0.2, 0) is 27.2 Å². The second-order valence-electron chi connectivity index (χ2n) is 8.50. The number of aryl methyl sites for hydroxylation is 1. The van der Waals surface area contributed by atoms with E-state index in [4.69, 9.17) is 4.74 Å². The lowest BCUT2D eigenvalue weighted by molar-refractivity contribution is -0.140. The lowest BCUT2D eigenvalue weighted by Crippen LogP contribution is -2.20. The summed E-state index contributed by atoms with van der Waals surface area (Å²) in [6, 6.07) is 8.29. The maximum Gasteiger partial charge on any atom is 0.305 e. The van der Waals surface area contributed by atoms with Crippen molar-refractivity contribution in [3.05, 3.63) is 35.4 Å². The van der Waals surface area contributed by atoms with E-state index in [0.29, 0.717) is 24.5 Å². The van der Waals surface area contributed by atoms with Crippen molar-refractivity contribution >= 4 is 11.8 Å². The molecule has 29 heavy (non-hydrogen) atoms. The molecule has 0 radical (unpaired) electrons. The van der Waals surface area contributed by atoms with Crippen molar-refractivity contribution in [3.8, 4) is 0 Å². The van der Waals surface area contributed by atoms with Gasteiger partial charge in [0.05, 0.1) is 13.2 Å². The van der Waals surface area contributed by atoms with Crippen LogP contribution in [0.25, 0.3) is 0 Å². The van der Waals surface area contributed by atoms with E-state index in [2.05, 4.69) is 19.1 Å². The van der Waals surface area contributed by atoms with Gasteiger partial charge in [0, 0.05) is 18.8 Å². The van der Waals surface area contributed by atoms with Crippen LogP contribution < -0.4 is 0 Å². The number of hydrogen-bond donors (Lipinski definition) is 1. The lowest BCUT2D eigenvalue weighted by atomic mass is 9.83. The SMILES string of the molecule is CCCCC[C@H](O)CC[C@@H]1CCC(=O)[C@@H]1Cc1ccccc1CCCC(=O)OC. The van der Waals surface area contributed by atoms with Crippen molar-refractivity contribution < 1.29 is 19.4 Å². The monoisotopic (exact) mass is 402 g/mol. The summed E-state index contributed by atoms with van der Waals surface area (Å²) < 4.78 is 4.73. The van der Waals surface area contributed by atoms with Gasteiger partial charge in [0.2, 0.25) is 0 Å². The average molecular weight is 403 g/mol. The minimum atomic E-state index is -0.233. The van der Waals surface area contributed by atoms with Crippen LogP contribution >= 0.6 is 0 Å². The van der Waals surface area contributed by atoms with Gasteiger partial charge < -0.3 is 9.84 Å². The van der Waals surface area contributed by atoms with E-state index in [1.54, 1.807) is 0 Å². The molecule has 0 spiro atoms. The molecule has 2 rings (SSSR count). The zero-order valence-electron chi connectivity index (χ0n) is 18.2. The second kappa shape index (κ2) is 12.8. The Morgan fingerprint density at radius 1 is 1.17 bits per heavy atom. The Hall–Kier alpha value is -1.68. The fourth-order valence-electron chi connectivity index (χ4n) is 4.55. The summed E-state index contributed by atoms with van der Waals surface area (Å²) in [5.74, 6) is 0.650. The Morgan fingerprint density at radius 3 is 2.66 bits per heavy atom. The van der Waals surface area contributed by atoms with E-state index in [0.717, 1.165) is 51.4 Å². The topological polar surface area (TPSA) is 63.6 Å². The Labute approximate surface area is 176 Å². The van der Waals surface area contributed by atoms with Crippen molar-refractivity contribution in [1.29, 1.82) is 0 Å². The van der Waals surface area contributed by atoms with Gasteiger partial charge in [-0.2, -0.15) is 0 Å². The molecule has 0 aliphatic heterocycles. The molecule has 0 amide bonds. The van der Waals surface area contributed by atoms with Crippen molar-refractivity contribution in [2.75, 3.05) is 7.11 Å². The van der Waals surface area contributed by atoms with Crippen molar-refractivity contribution in [2.45, 2.75) is 90.1 Å². The van der Waals surface area contributed by atoms with Gasteiger partial charge in [0.1, 0.15) is 5.78 Å². The van der Waals surface area contributed by atoms with Crippen LogP contribution in [0.15, 0.2) is 24.3 Å². The zero-order chi connectivity index (χ0) is 21.1. The summed E-state index contributed by atoms with van der Waals surface area (Å²) in [7, 11) is 1.42. The third-order valence-corrected chi connectivity index (χ3v) is 6.37. The molecule has 4 heteroatoms. The number of hydrogen-bond acceptors (Lipinski definition) is 4. The van der Waals surface area contributed by atoms with Gasteiger partial charge in [-0.25, -0.2) is 0 Å². The van der Waals surface area contributed by atoms with Crippen LogP contribution in [0, 0.1) is 11.8 Å². The maximum atomic E-state index is 12.6. The van der Waals surface area contributed by atoms with Gasteiger partial charge in [0.25, 0.3) is 0 Å². The number of aliphatic hydroxyl groups excluding tert-OH is 1. The molecule has 0 saturated heterocycles. The minimum Gasteiger partial charge on any atom is -0.469 e. The van der Waals surface area contributed by atoms with Crippen molar-refractivity contribution in [3.63, 3.8) is 0 Å². The van der Waals surface area contributed by atoms with E-state index in [1.807, 2.05) is 12.1 Å². The number of benzene rings is 1. The molecule has 1 aliphatic rings. The van der Waals surface area contributed by atoms with Gasteiger partial charge in [0.15, 0.2) is 0 Å². The van der Waals surface area contributed by atoms with E-state index in [1.165, 1.54) is 31.1 Å². The Bertz CT molecular complexity index is 639. The molecule has 0 heterocycles. The molecule has 1 aliphatic carbocycles. The van der Waals surface area contributed by atoms with Crippen LogP contribution in [0.2, 0.25) is 0 Å². The third kappa shape index (κ3) is 7.93. The Morgan fingerprint density at radius 2 is 1.93 bits per heavy atom. The number of carbonyl (C=O) groups is 2. The maximum absolute atomic E-state index is 12.6. The number of ether oxygens (including phenoxy) is 1. The molecular formula is C25H38O4. The average Bonchev–Trinajstić information content (AvgIpc) is 3.07. The predicted molar refractivity (Wildman–Crippen MR) is 116 cm³/mol. The normalized spacial score (nSPS) is 20.0. The summed E-state index contributed by atoms with van der Waals surface area (Å²) in [6.45, 7) is 2.18. The van der Waals surface area contributed by atoms with E-state index in [9.17, 15) is 14.7 Å². The highest BCUT2D eigenvalue weighted by atomic mass is 16.5. The lowest BCUT2D eigenvalue weighted by Gasteiger charge is -2.21. The zero-order valence-corrected chi connectivity index (χ0v) is 18.2. The summed E-state index contributed by atoms with van der Waals surface area (Å²) in [6.07, 6.45) is 10.2. The van der Waals surface area contributed by atoms with Gasteiger partial charge >= 0.3 is 5.97 Å². The molecule has 1 aromatic rings. The Balaban J connectivity index is 1.91. The molecule has 1 fully saturated rings. The molecule has 3 atom stereocenters. The number of aliphatic hydroxyl groups is 1. The number of Topliss-reactive ketones (excluding diaryl/α,β-unsaturated/α-hetero) is 1. The smallest absolute Gasteiger partial charge is 0.305 e. The summed E-state index contributed by atoms with van der Waals surface area (Å²) >= 11 is 0. The molecule has 4 nitrogen and oxygen atoms in total. The van der Waals surface area contributed by atoms with Gasteiger partial charge in [-0.05, 0) is 62.0 Å². The largest absolute Gasteiger partial charge is 0.469 e. The van der Waals surface area contributed by atoms with E-state index >= 15 is 0 Å². The molecular weight excluding hydrogens is 364 g/mol. The summed E-state index contributed by atoms with van der Waals surface area (Å²) in [5, 5.41) is 10.3. The van der Waals surface area contributed by atoms with Crippen LogP contribution in [-0.4, -0.2) is 30.1 Å². The first-order valence-corrected chi connectivity index (χ1v) is 11.4. The van der Waals surface area contributed by atoms with Crippen LogP contribution in [0.4, 0.5) is 0 Å². The van der Waals surface area contributed by atoms with Crippen LogP contribution in [0.1, 0.15) is 82.3 Å². The second-order valence-corrected chi connectivity index (χ2v) is 8.50. The first-order chi connectivity index (χ1) is 14.0. The van der Waals surface area contributed by atoms with Crippen LogP contribution in [0.3, 0.4) is 0 Å². The number of carbonyl (C=O) groups excluding carboxylic acids is 2. The fraction of sp³-hybridized carbons (Fsp3) is 0.680. The summed E-state index contributed by atoms with van der Waals surface area (Å²) in [4.78, 5) is 23.9. The Kier molecular flexibility index (Phi) is 10.4. The predicted octanol–water partition coefficient (Wildman–Crippen LogP) is 5.04. The van der Waals surface area contributed by atoms with Gasteiger partial charge in [-0.1, -0.05) is 50.5 Å². The fourth-order valence-corrected chi connectivity index (χ4v) is 4.55. The van der Waals surface area contributed by atoms with E-state index < -0.39 is 0 Å². The van der Waals surface area contributed by atoms with Crippen LogP contribution in [0.5, 0.6) is 0 Å². The molecule has 162 valence electrons. The molecule has 0 bridgehead atoms. The molecule has 0 unspecified atom stereocenters. The minimum absolute atomic E-state index is 0.0691. The summed E-state index contributed by atoms with van der Waals surface area (Å²) in [5.41, 5.74) is 2.46. The standard InChI is InChI=1S/C25H38O4/c1-3-4-5-12-22(26)16-14-20-15-17-24(27)23(20)18-21-10-7-6-9-19(21)11-8-13-25(28)29-2/h6-7,9-10,20,22-23,26H,3-5,8,11-18H2,1-2H3/t20-,22+,23-/m1/s1. The van der Waals surface area contributed by atoms with Crippen molar-refractivity contribution in [1.82, 2.24) is 0 Å². The molecule has 1 saturated carbocycles. The third-order valence-electron chi connectivity index (χ3n) is 6.37. The number of rotatable bonds is 13. The van der Waals surface area contributed by atoms with Gasteiger partial charge in [-0.3, -0.25) is 9.59 Å². The highest BCUT2D eigenvalue weighted by Gasteiger charge is 2.34. The molecule has 1 N–H and O–H groups in total. The molecule has 1 aromatic carbocycles. The highest BCUT2D eigenvalue weighted by molar-refractivity contribution is 5.83. The van der Waals surface area contributed by atoms with Crippen molar-refractivity contribution in [2.24, 2.45) is 11.8 Å². The number of ketones is 1. The first-order valence-electron chi connectivity index (χ1n) is 11.4. The molecule has 0 aromatic heterocycles. The number of unbranched alkanes of at least 4 members (excludes halogenated alkanes) is 2. The number of esters is 1. The quantitative estimate of drug-likeness (QED) is 0.371. The number of methoxy groups -OCH3 is 1. The van der Waals surface area contributed by atoms with E-state index in [-0.39, 0.29) is 18.0 Å².